The van der Waals surface area contributed by atoms with E-state index in [1.54, 1.807) is 0 Å². The van der Waals surface area contributed by atoms with Crippen LogP contribution in [0, 0.1) is 12.2 Å². The third-order valence-corrected chi connectivity index (χ3v) is 1.17. The van der Waals surface area contributed by atoms with E-state index in [-0.39, 0.29) is 52.0 Å². The molecule has 0 aromatic rings. The van der Waals surface area contributed by atoms with Crippen LogP contribution < -0.4 is 0 Å². The Morgan fingerprint density at radius 3 is 0.733 bits per heavy atom. The monoisotopic (exact) mass is 652 g/mol. The molecule has 2 rings (SSSR count). The maximum atomic E-state index is 8.24. The van der Waals surface area contributed by atoms with Gasteiger partial charge in [0.1, 0.15) is 0 Å². The van der Waals surface area contributed by atoms with Crippen molar-refractivity contribution >= 4 is 36.5 Å². The predicted molar refractivity (Wildman–Crippen MR) is 97.5 cm³/mol. The Morgan fingerprint density at radius 1 is 0.533 bits per heavy atom. The van der Waals surface area contributed by atoms with E-state index >= 15 is 0 Å². The molecule has 2 aliphatic carbocycles. The molecule has 0 N–H and O–H groups in total. The number of allylic oxidation sites excluding steroid dienone is 8. The first-order chi connectivity index (χ1) is 13.5. The fourth-order valence-electron chi connectivity index (χ4n) is 0.680. The van der Waals surface area contributed by atoms with Crippen LogP contribution in [0.4, 0.5) is 0 Å². The van der Waals surface area contributed by atoms with Crippen LogP contribution in [0.3, 0.4) is 0 Å². The van der Waals surface area contributed by atoms with Gasteiger partial charge in [0, 0.05) is 0 Å². The van der Waals surface area contributed by atoms with Crippen LogP contribution in [0.25, 0.3) is 32.5 Å². The zero-order chi connectivity index (χ0) is 23.3. The quantitative estimate of drug-likeness (QED) is 0.164. The number of hydrogen-bond donors (Lipinski definition) is 0. The third kappa shape index (κ3) is 294. The van der Waals surface area contributed by atoms with Gasteiger partial charge < -0.3 is 32.5 Å². The van der Waals surface area contributed by atoms with E-state index in [1.807, 2.05) is 24.3 Å². The van der Waals surface area contributed by atoms with Crippen molar-refractivity contribution in [2.75, 3.05) is 0 Å². The summed E-state index contributed by atoms with van der Waals surface area (Å²) < 4.78 is 0. The number of carbonyl (C=O) groups excluding carboxylic acids is 6. The van der Waals surface area contributed by atoms with Crippen molar-refractivity contribution in [3.63, 3.8) is 0 Å². The number of isocyanates is 6. The van der Waals surface area contributed by atoms with E-state index in [9.17, 15) is 0 Å². The zero-order valence-electron chi connectivity index (χ0n) is 15.0. The minimum absolute atomic E-state index is 0. The van der Waals surface area contributed by atoms with Gasteiger partial charge in [-0.2, -0.15) is 12.2 Å². The average molecular weight is 652 g/mol. The molecule has 0 heterocycles. The fraction of sp³-hybridized carbons (Fsp3) is 0.125. The molecule has 0 aromatic carbocycles. The van der Waals surface area contributed by atoms with Crippen molar-refractivity contribution in [3.8, 4) is 0 Å². The predicted octanol–water partition coefficient (Wildman–Crippen LogP) is 1.96. The van der Waals surface area contributed by atoms with Crippen molar-refractivity contribution in [1.29, 1.82) is 0 Å². The van der Waals surface area contributed by atoms with Crippen LogP contribution in [0.1, 0.15) is 12.8 Å². The molecule has 0 spiro atoms. The summed E-state index contributed by atoms with van der Waals surface area (Å²) in [6.07, 6.45) is 23.0. The Bertz CT molecular complexity index is 521. The second-order valence-corrected chi connectivity index (χ2v) is 2.55. The third-order valence-electron chi connectivity index (χ3n) is 1.17. The van der Waals surface area contributed by atoms with E-state index in [2.05, 4.69) is 24.3 Å². The minimum Gasteiger partial charge on any atom is -0.724 e. The van der Waals surface area contributed by atoms with E-state index in [4.69, 9.17) is 61.2 Å². The average Bonchev–Trinajstić information content (AvgIpc) is 3.38. The van der Waals surface area contributed by atoms with Crippen molar-refractivity contribution in [1.82, 2.24) is 0 Å². The molecule has 148 valence electrons. The van der Waals surface area contributed by atoms with Gasteiger partial charge >= 0.3 is 52.0 Å². The molecule has 0 bridgehead atoms. The second kappa shape index (κ2) is 96.2. The first kappa shape index (κ1) is 50.6. The van der Waals surface area contributed by atoms with Gasteiger partial charge in [-0.15, -0.1) is 12.8 Å². The maximum Gasteiger partial charge on any atom is 4.00 e. The number of hydrogen-bond acceptors (Lipinski definition) is 6. The van der Waals surface area contributed by atoms with E-state index < -0.39 is 0 Å². The molecule has 0 radical (unpaired) electrons. The Morgan fingerprint density at radius 2 is 0.700 bits per heavy atom. The van der Waals surface area contributed by atoms with Crippen molar-refractivity contribution in [2.45, 2.75) is 12.8 Å². The first-order valence-corrected chi connectivity index (χ1v) is 6.00. The SMILES string of the molecule is [C-]1=CC=CC1.[C-]1=CC=CC1.[Hf+4].[N-]=C=O.[N-]=C=O.[N-]=C=O.[N-]=C=O.[N-]=C=O.[N-]=C=O.[Zr+4]. The summed E-state index contributed by atoms with van der Waals surface area (Å²) in [7, 11) is 0. The second-order valence-electron chi connectivity index (χ2n) is 2.55. The number of nitrogens with zero attached hydrogens (tertiary/aromatic N) is 6. The van der Waals surface area contributed by atoms with Gasteiger partial charge in [0.05, 0.1) is 0 Å². The summed E-state index contributed by atoms with van der Waals surface area (Å²) in [5, 5.41) is 40.6. The molecule has 0 saturated heterocycles. The Kier molecular flexibility index (Phi) is 162. The molecule has 0 fully saturated rings. The van der Waals surface area contributed by atoms with Crippen LogP contribution in [-0.2, 0) is 80.8 Å². The van der Waals surface area contributed by atoms with Gasteiger partial charge in [-0.3, -0.25) is 40.9 Å². The minimum atomic E-state index is 0. The Labute approximate surface area is 210 Å². The van der Waals surface area contributed by atoms with Crippen LogP contribution >= 0.6 is 0 Å². The van der Waals surface area contributed by atoms with Crippen LogP contribution in [0.2, 0.25) is 0 Å². The van der Waals surface area contributed by atoms with Gasteiger partial charge in [0.25, 0.3) is 0 Å². The first-order valence-electron chi connectivity index (χ1n) is 6.00. The normalized spacial score (nSPS) is 7.47. The van der Waals surface area contributed by atoms with Crippen molar-refractivity contribution in [3.05, 3.63) is 81.1 Å². The molecule has 0 unspecified atom stereocenters. The van der Waals surface area contributed by atoms with Crippen molar-refractivity contribution < 1.29 is 80.8 Å². The molecule has 12 nitrogen and oxygen atoms in total. The summed E-state index contributed by atoms with van der Waals surface area (Å²) >= 11 is 0. The summed E-state index contributed by atoms with van der Waals surface area (Å²) in [4.78, 5) is 49.4. The van der Waals surface area contributed by atoms with Crippen LogP contribution in [0.5, 0.6) is 0 Å². The van der Waals surface area contributed by atoms with Gasteiger partial charge in [0.2, 0.25) is 0 Å². The van der Waals surface area contributed by atoms with E-state index in [0.717, 1.165) is 12.8 Å². The summed E-state index contributed by atoms with van der Waals surface area (Å²) in [6.45, 7) is 0. The molecule has 0 aliphatic heterocycles. The summed E-state index contributed by atoms with van der Waals surface area (Å²) in [5.74, 6) is 0. The molecule has 14 heteroatoms. The van der Waals surface area contributed by atoms with Crippen LogP contribution in [0.15, 0.2) is 36.5 Å². The molecule has 30 heavy (non-hydrogen) atoms. The molecule has 0 aromatic heterocycles. The largest absolute Gasteiger partial charge is 4.00 e. The zero-order valence-corrected chi connectivity index (χ0v) is 21.1. The molecule has 0 amide bonds. The standard InChI is InChI=1S/2C5H5.6CNO.Hf.Zr/c2*1-2-4-5-3-1;6*2-1-3;;/h2*1-3H,4H2;;;;;;;;/q8*-1;2*+4. The van der Waals surface area contributed by atoms with Gasteiger partial charge in [0.15, 0.2) is 0 Å². The van der Waals surface area contributed by atoms with E-state index in [0.29, 0.717) is 36.5 Å². The summed E-state index contributed by atoms with van der Waals surface area (Å²) in [6, 6.07) is 0. The molecule has 0 atom stereocenters. The Hall–Kier alpha value is -3.01. The Balaban J connectivity index is -0.0000000310. The molecular weight excluding hydrogens is 642 g/mol. The van der Waals surface area contributed by atoms with E-state index in [1.165, 1.54) is 0 Å². The summed E-state index contributed by atoms with van der Waals surface area (Å²) in [5.41, 5.74) is 0. The molecule has 0 saturated carbocycles. The van der Waals surface area contributed by atoms with Crippen LogP contribution in [-0.4, -0.2) is 36.5 Å². The smallest absolute Gasteiger partial charge is 0.724 e. The molecular formula is C16H10HfN6O6Zr. The van der Waals surface area contributed by atoms with Gasteiger partial charge in [-0.25, -0.2) is 24.3 Å². The number of rotatable bonds is 0. The maximum absolute atomic E-state index is 8.24. The van der Waals surface area contributed by atoms with Gasteiger partial charge in [-0.05, 0) is 36.5 Å². The van der Waals surface area contributed by atoms with Crippen molar-refractivity contribution in [2.24, 2.45) is 0 Å². The topological polar surface area (TPSA) is 236 Å². The van der Waals surface area contributed by atoms with Gasteiger partial charge in [-0.1, -0.05) is 0 Å². The molecule has 2 aliphatic rings. The fourth-order valence-corrected chi connectivity index (χ4v) is 0.680.